The van der Waals surface area contributed by atoms with Gasteiger partial charge in [0.1, 0.15) is 5.01 Å². The van der Waals surface area contributed by atoms with Gasteiger partial charge in [-0.2, -0.15) is 0 Å². The quantitative estimate of drug-likeness (QED) is 0.808. The molecule has 0 spiro atoms. The van der Waals surface area contributed by atoms with Crippen molar-refractivity contribution in [2.24, 2.45) is 17.8 Å². The molecule has 1 N–H and O–H groups in total. The lowest BCUT2D eigenvalue weighted by atomic mass is 9.50. The minimum atomic E-state index is 0.340. The van der Waals surface area contributed by atoms with Crippen LogP contribution in [0.15, 0.2) is 24.3 Å². The molecule has 0 aliphatic heterocycles. The first-order chi connectivity index (χ1) is 11.2. The number of halogens is 1. The average Bonchev–Trinajstić information content (AvgIpc) is 2.98. The third-order valence-corrected chi connectivity index (χ3v) is 7.35. The van der Waals surface area contributed by atoms with Crippen LogP contribution >= 0.6 is 22.9 Å². The zero-order valence-electron chi connectivity index (χ0n) is 13.0. The SMILES string of the molecule is Clc1ccc(Nc2nnc(C34CC5CC(CC(C5)C3)C4)s2)cc1. The van der Waals surface area contributed by atoms with Crippen molar-refractivity contribution in [2.45, 2.75) is 43.9 Å². The largest absolute Gasteiger partial charge is 0.330 e. The molecule has 4 aliphatic carbocycles. The minimum absolute atomic E-state index is 0.340. The fourth-order valence-electron chi connectivity index (χ4n) is 5.52. The van der Waals surface area contributed by atoms with E-state index in [1.165, 1.54) is 43.5 Å². The number of nitrogens with one attached hydrogen (secondary N) is 1. The van der Waals surface area contributed by atoms with Crippen LogP contribution in [0.4, 0.5) is 10.8 Å². The summed E-state index contributed by atoms with van der Waals surface area (Å²) in [6.45, 7) is 0. The number of hydrogen-bond donors (Lipinski definition) is 1. The molecule has 1 aromatic carbocycles. The molecular weight excluding hydrogens is 326 g/mol. The second-order valence-electron chi connectivity index (χ2n) is 7.74. The highest BCUT2D eigenvalue weighted by atomic mass is 35.5. The van der Waals surface area contributed by atoms with Crippen LogP contribution in [0.3, 0.4) is 0 Å². The molecule has 4 fully saturated rings. The summed E-state index contributed by atoms with van der Waals surface area (Å²) in [7, 11) is 0. The molecule has 0 radical (unpaired) electrons. The van der Waals surface area contributed by atoms with Crippen LogP contribution in [0, 0.1) is 17.8 Å². The van der Waals surface area contributed by atoms with Crippen LogP contribution in [-0.2, 0) is 5.41 Å². The van der Waals surface area contributed by atoms with E-state index in [9.17, 15) is 0 Å². The predicted molar refractivity (Wildman–Crippen MR) is 94.5 cm³/mol. The van der Waals surface area contributed by atoms with E-state index in [-0.39, 0.29) is 0 Å². The molecule has 2 aromatic rings. The van der Waals surface area contributed by atoms with Crippen LogP contribution in [0.25, 0.3) is 0 Å². The molecule has 120 valence electrons. The molecule has 4 bridgehead atoms. The van der Waals surface area contributed by atoms with Gasteiger partial charge in [0.2, 0.25) is 5.13 Å². The third kappa shape index (κ3) is 2.47. The molecule has 1 heterocycles. The maximum absolute atomic E-state index is 5.94. The molecule has 6 rings (SSSR count). The zero-order valence-corrected chi connectivity index (χ0v) is 14.5. The highest BCUT2D eigenvalue weighted by Gasteiger charge is 2.53. The Kier molecular flexibility index (Phi) is 3.21. The number of anilines is 2. The summed E-state index contributed by atoms with van der Waals surface area (Å²) >= 11 is 7.70. The summed E-state index contributed by atoms with van der Waals surface area (Å²) in [6, 6.07) is 7.75. The van der Waals surface area contributed by atoms with Crippen LogP contribution in [0.1, 0.15) is 43.5 Å². The second-order valence-corrected chi connectivity index (χ2v) is 9.16. The Morgan fingerprint density at radius 1 is 0.957 bits per heavy atom. The van der Waals surface area contributed by atoms with Crippen LogP contribution in [0.2, 0.25) is 5.02 Å². The standard InChI is InChI=1S/C18H20ClN3S/c19-14-1-3-15(4-2-14)20-17-22-21-16(23-17)18-8-11-5-12(9-18)7-13(6-11)10-18/h1-4,11-13H,5-10H2,(H,20,22). The first kappa shape index (κ1) is 14.2. The van der Waals surface area contributed by atoms with Crippen molar-refractivity contribution in [1.29, 1.82) is 0 Å². The summed E-state index contributed by atoms with van der Waals surface area (Å²) in [5.41, 5.74) is 1.36. The molecule has 4 aliphatic rings. The lowest BCUT2D eigenvalue weighted by molar-refractivity contribution is -0.00555. The average molecular weight is 346 g/mol. The van der Waals surface area contributed by atoms with E-state index in [1.807, 2.05) is 24.3 Å². The number of rotatable bonds is 3. The highest BCUT2D eigenvalue weighted by Crippen LogP contribution is 2.61. The van der Waals surface area contributed by atoms with E-state index >= 15 is 0 Å². The number of benzene rings is 1. The first-order valence-electron chi connectivity index (χ1n) is 8.55. The van der Waals surface area contributed by atoms with E-state index in [0.29, 0.717) is 5.41 Å². The number of aromatic nitrogens is 2. The van der Waals surface area contributed by atoms with Crippen LogP contribution < -0.4 is 5.32 Å². The number of nitrogens with zero attached hydrogens (tertiary/aromatic N) is 2. The van der Waals surface area contributed by atoms with Gasteiger partial charge in [-0.25, -0.2) is 0 Å². The van der Waals surface area contributed by atoms with Crippen LogP contribution in [0.5, 0.6) is 0 Å². The molecule has 5 heteroatoms. The highest BCUT2D eigenvalue weighted by molar-refractivity contribution is 7.15. The van der Waals surface area contributed by atoms with Gasteiger partial charge in [0.15, 0.2) is 0 Å². The van der Waals surface area contributed by atoms with E-state index in [1.54, 1.807) is 11.3 Å². The molecule has 0 atom stereocenters. The van der Waals surface area contributed by atoms with Crippen molar-refractivity contribution in [1.82, 2.24) is 10.2 Å². The van der Waals surface area contributed by atoms with Crippen molar-refractivity contribution in [3.63, 3.8) is 0 Å². The normalized spacial score (nSPS) is 34.7. The summed E-state index contributed by atoms with van der Waals surface area (Å²) in [4.78, 5) is 0. The van der Waals surface area contributed by atoms with E-state index in [2.05, 4.69) is 15.5 Å². The molecule has 0 unspecified atom stereocenters. The first-order valence-corrected chi connectivity index (χ1v) is 9.75. The summed E-state index contributed by atoms with van der Waals surface area (Å²) in [6.07, 6.45) is 8.42. The predicted octanol–water partition coefficient (Wildman–Crippen LogP) is 5.40. The Balaban J connectivity index is 1.40. The van der Waals surface area contributed by atoms with Gasteiger partial charge >= 0.3 is 0 Å². The Morgan fingerprint density at radius 3 is 2.17 bits per heavy atom. The van der Waals surface area contributed by atoms with Crippen molar-refractivity contribution in [3.8, 4) is 0 Å². The van der Waals surface area contributed by atoms with Crippen molar-refractivity contribution < 1.29 is 0 Å². The molecular formula is C18H20ClN3S. The van der Waals surface area contributed by atoms with Gasteiger partial charge in [-0.15, -0.1) is 10.2 Å². The lowest BCUT2D eigenvalue weighted by Crippen LogP contribution is -2.48. The maximum Gasteiger partial charge on any atom is 0.210 e. The zero-order chi connectivity index (χ0) is 15.4. The smallest absolute Gasteiger partial charge is 0.210 e. The lowest BCUT2D eigenvalue weighted by Gasteiger charge is -2.55. The Bertz CT molecular complexity index is 689. The summed E-state index contributed by atoms with van der Waals surface area (Å²) < 4.78 is 0. The third-order valence-electron chi connectivity index (χ3n) is 6.01. The molecule has 3 nitrogen and oxygen atoms in total. The van der Waals surface area contributed by atoms with Crippen molar-refractivity contribution in [3.05, 3.63) is 34.3 Å². The van der Waals surface area contributed by atoms with Crippen molar-refractivity contribution in [2.75, 3.05) is 5.32 Å². The van der Waals surface area contributed by atoms with E-state index in [0.717, 1.165) is 33.6 Å². The topological polar surface area (TPSA) is 37.8 Å². The monoisotopic (exact) mass is 345 g/mol. The fourth-order valence-corrected chi connectivity index (χ4v) is 6.63. The molecule has 4 saturated carbocycles. The van der Waals surface area contributed by atoms with Gasteiger partial charge in [-0.1, -0.05) is 22.9 Å². The summed E-state index contributed by atoms with van der Waals surface area (Å²) in [5, 5.41) is 15.3. The van der Waals surface area contributed by atoms with E-state index in [4.69, 9.17) is 11.6 Å². The maximum atomic E-state index is 5.94. The van der Waals surface area contributed by atoms with Gasteiger partial charge in [0, 0.05) is 16.1 Å². The summed E-state index contributed by atoms with van der Waals surface area (Å²) in [5.74, 6) is 2.83. The fraction of sp³-hybridized carbons (Fsp3) is 0.556. The molecule has 0 saturated heterocycles. The Hall–Kier alpha value is -1.13. The molecule has 23 heavy (non-hydrogen) atoms. The van der Waals surface area contributed by atoms with Crippen molar-refractivity contribution >= 4 is 33.8 Å². The van der Waals surface area contributed by atoms with Gasteiger partial charge in [0.05, 0.1) is 0 Å². The second kappa shape index (κ2) is 5.18. The van der Waals surface area contributed by atoms with Gasteiger partial charge in [-0.3, -0.25) is 0 Å². The Morgan fingerprint density at radius 2 is 1.57 bits per heavy atom. The van der Waals surface area contributed by atoms with Gasteiger partial charge in [0.25, 0.3) is 0 Å². The van der Waals surface area contributed by atoms with Gasteiger partial charge in [-0.05, 0) is 80.5 Å². The molecule has 0 amide bonds. The number of hydrogen-bond acceptors (Lipinski definition) is 4. The Labute approximate surface area is 145 Å². The van der Waals surface area contributed by atoms with Crippen LogP contribution in [-0.4, -0.2) is 10.2 Å². The molecule has 1 aromatic heterocycles. The van der Waals surface area contributed by atoms with E-state index < -0.39 is 0 Å². The minimum Gasteiger partial charge on any atom is -0.330 e. The van der Waals surface area contributed by atoms with Gasteiger partial charge < -0.3 is 5.32 Å².